The highest BCUT2D eigenvalue weighted by Crippen LogP contribution is 2.37. The summed E-state index contributed by atoms with van der Waals surface area (Å²) < 4.78 is 11.5. The number of hydrogen-bond acceptors (Lipinski definition) is 2. The van der Waals surface area contributed by atoms with Crippen LogP contribution in [-0.2, 0) is 10.8 Å². The lowest BCUT2D eigenvalue weighted by molar-refractivity contribution is 0.376. The third kappa shape index (κ3) is 4.17. The molecule has 0 bridgehead atoms. The summed E-state index contributed by atoms with van der Waals surface area (Å²) in [6, 6.07) is 11.6. The second-order valence-electron chi connectivity index (χ2n) is 6.59. The maximum atomic E-state index is 11.5. The van der Waals surface area contributed by atoms with E-state index in [4.69, 9.17) is 0 Å². The fourth-order valence-electron chi connectivity index (χ4n) is 3.91. The van der Waals surface area contributed by atoms with Crippen molar-refractivity contribution in [2.45, 2.75) is 50.5 Å². The van der Waals surface area contributed by atoms with E-state index >= 15 is 0 Å². The Balaban J connectivity index is 1.61. The molecule has 1 aromatic carbocycles. The SMILES string of the molecule is O=S1CCC(NC[C@@H](c2ccccc2)C2CCCC2)CC1. The van der Waals surface area contributed by atoms with Crippen molar-refractivity contribution in [3.05, 3.63) is 35.9 Å². The van der Waals surface area contributed by atoms with Crippen LogP contribution in [0.15, 0.2) is 30.3 Å². The summed E-state index contributed by atoms with van der Waals surface area (Å²) in [6.07, 6.45) is 7.73. The Bertz CT molecular complexity index is 446. The maximum absolute atomic E-state index is 11.5. The van der Waals surface area contributed by atoms with Gasteiger partial charge in [-0.2, -0.15) is 0 Å². The van der Waals surface area contributed by atoms with Crippen molar-refractivity contribution in [2.75, 3.05) is 18.1 Å². The molecule has 3 heteroatoms. The largest absolute Gasteiger partial charge is 0.313 e. The van der Waals surface area contributed by atoms with Gasteiger partial charge < -0.3 is 5.32 Å². The Morgan fingerprint density at radius 1 is 1.05 bits per heavy atom. The van der Waals surface area contributed by atoms with Gasteiger partial charge >= 0.3 is 0 Å². The van der Waals surface area contributed by atoms with Gasteiger partial charge in [0.2, 0.25) is 0 Å². The van der Waals surface area contributed by atoms with Crippen LogP contribution in [0.1, 0.15) is 50.0 Å². The van der Waals surface area contributed by atoms with E-state index in [1.165, 1.54) is 31.2 Å². The summed E-state index contributed by atoms with van der Waals surface area (Å²) >= 11 is 0. The van der Waals surface area contributed by atoms with Gasteiger partial charge in [-0.3, -0.25) is 4.21 Å². The summed E-state index contributed by atoms with van der Waals surface area (Å²) in [5.74, 6) is 3.27. The fourth-order valence-corrected chi connectivity index (χ4v) is 5.21. The quantitative estimate of drug-likeness (QED) is 0.902. The number of hydrogen-bond donors (Lipinski definition) is 1. The summed E-state index contributed by atoms with van der Waals surface area (Å²) in [6.45, 7) is 1.09. The molecule has 21 heavy (non-hydrogen) atoms. The molecule has 1 N–H and O–H groups in total. The average Bonchev–Trinajstić information content (AvgIpc) is 3.05. The second kappa shape index (κ2) is 7.55. The molecule has 0 radical (unpaired) electrons. The van der Waals surface area contributed by atoms with E-state index < -0.39 is 10.8 Å². The van der Waals surface area contributed by atoms with Crippen LogP contribution >= 0.6 is 0 Å². The van der Waals surface area contributed by atoms with Crippen LogP contribution in [-0.4, -0.2) is 28.3 Å². The molecule has 0 spiro atoms. The highest BCUT2D eigenvalue weighted by atomic mass is 32.2. The second-order valence-corrected chi connectivity index (χ2v) is 8.29. The monoisotopic (exact) mass is 305 g/mol. The van der Waals surface area contributed by atoms with Crippen molar-refractivity contribution in [2.24, 2.45) is 5.92 Å². The molecular formula is C18H27NOS. The van der Waals surface area contributed by atoms with Crippen molar-refractivity contribution < 1.29 is 4.21 Å². The first-order valence-corrected chi connectivity index (χ1v) is 9.95. The number of benzene rings is 1. The normalized spacial score (nSPS) is 28.6. The summed E-state index contributed by atoms with van der Waals surface area (Å²) in [7, 11) is -0.553. The molecular weight excluding hydrogens is 278 g/mol. The molecule has 1 aliphatic carbocycles. The molecule has 1 aliphatic heterocycles. The zero-order valence-corrected chi connectivity index (χ0v) is 13.6. The Morgan fingerprint density at radius 3 is 2.38 bits per heavy atom. The van der Waals surface area contributed by atoms with Gasteiger partial charge in [0.05, 0.1) is 0 Å². The van der Waals surface area contributed by atoms with E-state index in [1.807, 2.05) is 0 Å². The molecule has 116 valence electrons. The first kappa shape index (κ1) is 15.2. The van der Waals surface area contributed by atoms with Crippen molar-refractivity contribution in [1.29, 1.82) is 0 Å². The summed E-state index contributed by atoms with van der Waals surface area (Å²) in [4.78, 5) is 0. The molecule has 0 unspecified atom stereocenters. The average molecular weight is 305 g/mol. The minimum absolute atomic E-state index is 0.553. The summed E-state index contributed by atoms with van der Waals surface area (Å²) in [5, 5.41) is 3.78. The van der Waals surface area contributed by atoms with Gasteiger partial charge in [-0.25, -0.2) is 0 Å². The Hall–Kier alpha value is -0.670. The third-order valence-electron chi connectivity index (χ3n) is 5.21. The molecule has 3 rings (SSSR count). The molecule has 0 aromatic heterocycles. The van der Waals surface area contributed by atoms with E-state index in [1.54, 1.807) is 0 Å². The number of rotatable bonds is 5. The molecule has 1 atom stereocenters. The molecule has 2 aliphatic rings. The fraction of sp³-hybridized carbons (Fsp3) is 0.667. The smallest absolute Gasteiger partial charge is 0.0249 e. The zero-order chi connectivity index (χ0) is 14.5. The van der Waals surface area contributed by atoms with Crippen LogP contribution in [0, 0.1) is 5.92 Å². The van der Waals surface area contributed by atoms with Crippen LogP contribution in [0.2, 0.25) is 0 Å². The highest BCUT2D eigenvalue weighted by Gasteiger charge is 2.27. The lowest BCUT2D eigenvalue weighted by Gasteiger charge is -2.29. The molecule has 2 nitrogen and oxygen atoms in total. The predicted molar refractivity (Wildman–Crippen MR) is 90.0 cm³/mol. The van der Waals surface area contributed by atoms with Gasteiger partial charge in [-0.15, -0.1) is 0 Å². The Kier molecular flexibility index (Phi) is 5.48. The van der Waals surface area contributed by atoms with E-state index in [2.05, 4.69) is 35.6 Å². The standard InChI is InChI=1S/C18H27NOS/c20-21-12-10-17(11-13-21)19-14-18(16-8-4-5-9-16)15-6-2-1-3-7-15/h1-3,6-7,16-19H,4-5,8-14H2/t17?,18-,21?/m0/s1. The van der Waals surface area contributed by atoms with Gasteiger partial charge in [0.1, 0.15) is 0 Å². The third-order valence-corrected chi connectivity index (χ3v) is 6.59. The van der Waals surface area contributed by atoms with Crippen molar-refractivity contribution >= 4 is 10.8 Å². The number of nitrogens with one attached hydrogen (secondary N) is 1. The predicted octanol–water partition coefficient (Wildman–Crippen LogP) is 3.46. The molecule has 1 saturated heterocycles. The molecule has 1 saturated carbocycles. The van der Waals surface area contributed by atoms with Crippen LogP contribution in [0.5, 0.6) is 0 Å². The van der Waals surface area contributed by atoms with Crippen molar-refractivity contribution in [3.8, 4) is 0 Å². The Morgan fingerprint density at radius 2 is 1.71 bits per heavy atom. The van der Waals surface area contributed by atoms with Crippen molar-refractivity contribution in [3.63, 3.8) is 0 Å². The van der Waals surface area contributed by atoms with Crippen LogP contribution in [0.25, 0.3) is 0 Å². The van der Waals surface area contributed by atoms with Gasteiger partial charge in [0.25, 0.3) is 0 Å². The first-order chi connectivity index (χ1) is 10.3. The van der Waals surface area contributed by atoms with E-state index in [0.717, 1.165) is 36.8 Å². The molecule has 2 fully saturated rings. The Labute approximate surface area is 131 Å². The minimum atomic E-state index is -0.553. The van der Waals surface area contributed by atoms with E-state index in [-0.39, 0.29) is 0 Å². The van der Waals surface area contributed by atoms with Crippen LogP contribution < -0.4 is 5.32 Å². The van der Waals surface area contributed by atoms with Crippen molar-refractivity contribution in [1.82, 2.24) is 5.32 Å². The van der Waals surface area contributed by atoms with Crippen LogP contribution in [0.4, 0.5) is 0 Å². The van der Waals surface area contributed by atoms with Gasteiger partial charge in [0.15, 0.2) is 0 Å². The molecule has 1 heterocycles. The van der Waals surface area contributed by atoms with E-state index in [0.29, 0.717) is 12.0 Å². The van der Waals surface area contributed by atoms with Crippen LogP contribution in [0.3, 0.4) is 0 Å². The van der Waals surface area contributed by atoms with Gasteiger partial charge in [0, 0.05) is 34.9 Å². The molecule has 0 amide bonds. The maximum Gasteiger partial charge on any atom is 0.0249 e. The highest BCUT2D eigenvalue weighted by molar-refractivity contribution is 7.85. The first-order valence-electron chi connectivity index (χ1n) is 8.46. The summed E-state index contributed by atoms with van der Waals surface area (Å²) in [5.41, 5.74) is 1.50. The van der Waals surface area contributed by atoms with E-state index in [9.17, 15) is 4.21 Å². The lowest BCUT2D eigenvalue weighted by atomic mass is 9.84. The molecule has 1 aromatic rings. The topological polar surface area (TPSA) is 29.1 Å². The zero-order valence-electron chi connectivity index (χ0n) is 12.8. The minimum Gasteiger partial charge on any atom is -0.313 e. The lowest BCUT2D eigenvalue weighted by Crippen LogP contribution is -2.39. The van der Waals surface area contributed by atoms with Gasteiger partial charge in [-0.05, 0) is 43.1 Å². The van der Waals surface area contributed by atoms with Gasteiger partial charge in [-0.1, -0.05) is 43.2 Å².